The second-order valence-electron chi connectivity index (χ2n) is 9.72. The zero-order chi connectivity index (χ0) is 25.0. The summed E-state index contributed by atoms with van der Waals surface area (Å²) in [7, 11) is 4.29. The van der Waals surface area contributed by atoms with Crippen molar-refractivity contribution in [3.05, 3.63) is 61.5 Å². The fourth-order valence-electron chi connectivity index (χ4n) is 4.93. The van der Waals surface area contributed by atoms with E-state index < -0.39 is 0 Å². The molecule has 0 radical (unpaired) electrons. The Morgan fingerprint density at radius 3 is 2.50 bits per heavy atom. The van der Waals surface area contributed by atoms with Crippen molar-refractivity contribution in [1.29, 1.82) is 0 Å². The highest BCUT2D eigenvalue weighted by Crippen LogP contribution is 2.32. The standard InChI is InChI=1S/C26H37ClN4O3/c1-15-10-19(14-32)23(26(34)29-15)13-28-25(33)22-11-20(27)12-24(16(22)2)30-17(3)18-6-8-21(9-7-18)31(4)5/h10-12,17-18,21,30,32H,6-9,13-14H2,1-5H3,(H,28,33)(H,29,34). The third kappa shape index (κ3) is 6.20. The summed E-state index contributed by atoms with van der Waals surface area (Å²) in [5.74, 6) is 0.253. The molecule has 0 bridgehead atoms. The van der Waals surface area contributed by atoms with Crippen LogP contribution in [-0.2, 0) is 13.2 Å². The number of rotatable bonds is 8. The van der Waals surface area contributed by atoms with Crippen molar-refractivity contribution >= 4 is 23.2 Å². The highest BCUT2D eigenvalue weighted by Gasteiger charge is 2.27. The lowest BCUT2D eigenvalue weighted by Gasteiger charge is -2.36. The van der Waals surface area contributed by atoms with Gasteiger partial charge in [0.2, 0.25) is 0 Å². The SMILES string of the molecule is Cc1cc(CO)c(CNC(=O)c2cc(Cl)cc(NC(C)C3CCC(N(C)C)CC3)c2C)c(=O)[nH]1. The van der Waals surface area contributed by atoms with Crippen LogP contribution < -0.4 is 16.2 Å². The number of halogens is 1. The van der Waals surface area contributed by atoms with Crippen molar-refractivity contribution in [2.24, 2.45) is 5.92 Å². The molecule has 1 saturated carbocycles. The Morgan fingerprint density at radius 2 is 1.88 bits per heavy atom. The Hall–Kier alpha value is -2.35. The normalized spacial score (nSPS) is 19.2. The van der Waals surface area contributed by atoms with Crippen LogP contribution in [-0.4, -0.2) is 47.1 Å². The monoisotopic (exact) mass is 488 g/mol. The average molecular weight is 489 g/mol. The van der Waals surface area contributed by atoms with Crippen molar-refractivity contribution in [1.82, 2.24) is 15.2 Å². The van der Waals surface area contributed by atoms with Crippen LogP contribution in [0.15, 0.2) is 23.0 Å². The van der Waals surface area contributed by atoms with Crippen molar-refractivity contribution in [2.45, 2.75) is 71.7 Å². The number of carbonyl (C=O) groups excluding carboxylic acids is 1. The number of aliphatic hydroxyl groups excluding tert-OH is 1. The first kappa shape index (κ1) is 26.3. The lowest BCUT2D eigenvalue weighted by Crippen LogP contribution is -2.36. The molecule has 2 aromatic rings. The molecule has 4 N–H and O–H groups in total. The first-order valence-corrected chi connectivity index (χ1v) is 12.3. The van der Waals surface area contributed by atoms with E-state index >= 15 is 0 Å². The van der Waals surface area contributed by atoms with E-state index in [1.165, 1.54) is 25.7 Å². The Morgan fingerprint density at radius 1 is 1.21 bits per heavy atom. The van der Waals surface area contributed by atoms with E-state index in [1.54, 1.807) is 19.1 Å². The second-order valence-corrected chi connectivity index (χ2v) is 10.2. The maximum absolute atomic E-state index is 13.0. The van der Waals surface area contributed by atoms with E-state index in [-0.39, 0.29) is 30.7 Å². The molecule has 1 aromatic carbocycles. The van der Waals surface area contributed by atoms with Gasteiger partial charge in [-0.3, -0.25) is 9.59 Å². The van der Waals surface area contributed by atoms with Gasteiger partial charge < -0.3 is 25.6 Å². The average Bonchev–Trinajstić information content (AvgIpc) is 2.79. The predicted molar refractivity (Wildman–Crippen MR) is 138 cm³/mol. The number of anilines is 1. The van der Waals surface area contributed by atoms with Gasteiger partial charge in [0, 0.05) is 46.2 Å². The summed E-state index contributed by atoms with van der Waals surface area (Å²) in [6.07, 6.45) is 4.73. The lowest BCUT2D eigenvalue weighted by molar-refractivity contribution is 0.0950. The van der Waals surface area contributed by atoms with E-state index in [2.05, 4.69) is 41.5 Å². The minimum absolute atomic E-state index is 0.0184. The van der Waals surface area contributed by atoms with Crippen LogP contribution in [0.5, 0.6) is 0 Å². The van der Waals surface area contributed by atoms with Crippen molar-refractivity contribution < 1.29 is 9.90 Å². The number of hydrogen-bond acceptors (Lipinski definition) is 5. The Balaban J connectivity index is 1.71. The van der Waals surface area contributed by atoms with Gasteiger partial charge in [0.25, 0.3) is 11.5 Å². The second kappa shape index (κ2) is 11.4. The number of H-pyrrole nitrogens is 1. The number of aryl methyl sites for hydroxylation is 1. The molecule has 0 aliphatic heterocycles. The van der Waals surface area contributed by atoms with E-state index in [9.17, 15) is 14.7 Å². The number of hydrogen-bond donors (Lipinski definition) is 4. The number of aromatic nitrogens is 1. The molecular weight excluding hydrogens is 452 g/mol. The summed E-state index contributed by atoms with van der Waals surface area (Å²) in [5.41, 5.74) is 3.33. The first-order chi connectivity index (χ1) is 16.1. The molecule has 1 fully saturated rings. The number of pyridine rings is 1. The Labute approximate surface area is 206 Å². The zero-order valence-corrected chi connectivity index (χ0v) is 21.6. The van der Waals surface area contributed by atoms with Crippen molar-refractivity contribution in [2.75, 3.05) is 19.4 Å². The van der Waals surface area contributed by atoms with Crippen LogP contribution in [0.1, 0.15) is 65.3 Å². The maximum atomic E-state index is 13.0. The van der Waals surface area contributed by atoms with Gasteiger partial charge in [0.1, 0.15) is 0 Å². The maximum Gasteiger partial charge on any atom is 0.253 e. The number of nitrogens with zero attached hydrogens (tertiary/aromatic N) is 1. The summed E-state index contributed by atoms with van der Waals surface area (Å²) < 4.78 is 0. The van der Waals surface area contributed by atoms with Crippen LogP contribution in [0.2, 0.25) is 5.02 Å². The van der Waals surface area contributed by atoms with Gasteiger partial charge in [0.05, 0.1) is 6.61 Å². The summed E-state index contributed by atoms with van der Waals surface area (Å²) in [5, 5.41) is 16.5. The molecule has 1 aromatic heterocycles. The van der Waals surface area contributed by atoms with Crippen molar-refractivity contribution in [3.8, 4) is 0 Å². The number of carbonyl (C=O) groups is 1. The van der Waals surface area contributed by atoms with Gasteiger partial charge in [-0.15, -0.1) is 0 Å². The molecule has 34 heavy (non-hydrogen) atoms. The molecule has 1 heterocycles. The van der Waals surface area contributed by atoms with Gasteiger partial charge in [-0.25, -0.2) is 0 Å². The molecule has 0 spiro atoms. The quantitative estimate of drug-likeness (QED) is 0.450. The molecule has 186 valence electrons. The predicted octanol–water partition coefficient (Wildman–Crippen LogP) is 3.99. The number of aliphatic hydroxyl groups is 1. The molecule has 7 nitrogen and oxygen atoms in total. The minimum atomic E-state index is -0.314. The molecule has 8 heteroatoms. The van der Waals surface area contributed by atoms with Gasteiger partial charge in [0.15, 0.2) is 0 Å². The molecular formula is C26H37ClN4O3. The molecule has 1 aliphatic carbocycles. The van der Waals surface area contributed by atoms with E-state index in [1.807, 2.05) is 13.0 Å². The van der Waals surface area contributed by atoms with Gasteiger partial charge in [-0.2, -0.15) is 0 Å². The third-order valence-corrected chi connectivity index (χ3v) is 7.36. The van der Waals surface area contributed by atoms with Crippen LogP contribution in [0.4, 0.5) is 5.69 Å². The number of aromatic amines is 1. The van der Waals surface area contributed by atoms with Crippen LogP contribution in [0.3, 0.4) is 0 Å². The van der Waals surface area contributed by atoms with E-state index in [4.69, 9.17) is 11.6 Å². The zero-order valence-electron chi connectivity index (χ0n) is 20.8. The smallest absolute Gasteiger partial charge is 0.253 e. The van der Waals surface area contributed by atoms with E-state index in [0.29, 0.717) is 39.4 Å². The highest BCUT2D eigenvalue weighted by molar-refractivity contribution is 6.31. The number of nitrogens with one attached hydrogen (secondary N) is 3. The Bertz CT molecular complexity index is 1070. The summed E-state index contributed by atoms with van der Waals surface area (Å²) in [6.45, 7) is 5.60. The first-order valence-electron chi connectivity index (χ1n) is 11.9. The number of benzene rings is 1. The molecule has 3 rings (SSSR count). The summed E-state index contributed by atoms with van der Waals surface area (Å²) in [6, 6.07) is 6.14. The lowest BCUT2D eigenvalue weighted by atomic mass is 9.81. The molecule has 1 aliphatic rings. The van der Waals surface area contributed by atoms with Crippen LogP contribution in [0, 0.1) is 19.8 Å². The van der Waals surface area contributed by atoms with Gasteiger partial charge in [-0.05, 0) is 95.8 Å². The minimum Gasteiger partial charge on any atom is -0.392 e. The molecule has 0 saturated heterocycles. The molecule has 1 atom stereocenters. The van der Waals surface area contributed by atoms with Crippen molar-refractivity contribution in [3.63, 3.8) is 0 Å². The fraction of sp³-hybridized carbons (Fsp3) is 0.538. The van der Waals surface area contributed by atoms with Gasteiger partial charge >= 0.3 is 0 Å². The third-order valence-electron chi connectivity index (χ3n) is 7.14. The number of amides is 1. The fourth-order valence-corrected chi connectivity index (χ4v) is 5.15. The summed E-state index contributed by atoms with van der Waals surface area (Å²) in [4.78, 5) is 30.4. The van der Waals surface area contributed by atoms with Crippen LogP contribution >= 0.6 is 11.6 Å². The summed E-state index contributed by atoms with van der Waals surface area (Å²) >= 11 is 6.38. The Kier molecular flexibility index (Phi) is 8.79. The van der Waals surface area contributed by atoms with E-state index in [0.717, 1.165) is 11.3 Å². The largest absolute Gasteiger partial charge is 0.392 e. The van der Waals surface area contributed by atoms with Crippen LogP contribution in [0.25, 0.3) is 0 Å². The topological polar surface area (TPSA) is 97.5 Å². The molecule has 1 unspecified atom stereocenters. The highest BCUT2D eigenvalue weighted by atomic mass is 35.5. The van der Waals surface area contributed by atoms with Gasteiger partial charge in [-0.1, -0.05) is 11.6 Å². The molecule has 1 amide bonds.